The fourth-order valence-electron chi connectivity index (χ4n) is 4.76. The predicted octanol–water partition coefficient (Wildman–Crippen LogP) is 5.43. The maximum absolute atomic E-state index is 13.1. The van der Waals surface area contributed by atoms with Crippen LogP contribution < -0.4 is 10.6 Å². The van der Waals surface area contributed by atoms with Crippen LogP contribution in [0.2, 0.25) is 0 Å². The summed E-state index contributed by atoms with van der Waals surface area (Å²) in [6, 6.07) is 21.3. The Morgan fingerprint density at radius 2 is 1.70 bits per heavy atom. The Kier molecular flexibility index (Phi) is 8.95. The van der Waals surface area contributed by atoms with Gasteiger partial charge in [0.1, 0.15) is 0 Å². The molecule has 4 rings (SSSR count). The first-order chi connectivity index (χ1) is 19.0. The number of methoxy groups -OCH3 is 1. The van der Waals surface area contributed by atoms with Gasteiger partial charge < -0.3 is 15.4 Å². The van der Waals surface area contributed by atoms with Crippen LogP contribution in [0.3, 0.4) is 0 Å². The highest BCUT2D eigenvalue weighted by Gasteiger charge is 2.30. The SMILES string of the molecule is COC(=O)c1ccc(NC(=O)c2ccc(C(C)(C)C)cc2)cc1NC1CCCN(S(=O)(=O)Cc2ccccc2)C1. The molecule has 1 aliphatic heterocycles. The minimum absolute atomic E-state index is 0.0190. The van der Waals surface area contributed by atoms with Gasteiger partial charge in [-0.15, -0.1) is 0 Å². The molecule has 8 nitrogen and oxygen atoms in total. The van der Waals surface area contributed by atoms with E-state index in [1.165, 1.54) is 11.4 Å². The summed E-state index contributed by atoms with van der Waals surface area (Å²) in [5.41, 5.74) is 3.65. The van der Waals surface area contributed by atoms with Crippen molar-refractivity contribution >= 4 is 33.3 Å². The first-order valence-electron chi connectivity index (χ1n) is 13.4. The van der Waals surface area contributed by atoms with Crippen LogP contribution in [-0.4, -0.2) is 50.8 Å². The largest absolute Gasteiger partial charge is 0.465 e. The fraction of sp³-hybridized carbons (Fsp3) is 0.355. The van der Waals surface area contributed by atoms with Gasteiger partial charge in [0.15, 0.2) is 0 Å². The summed E-state index contributed by atoms with van der Waals surface area (Å²) in [7, 11) is -2.21. The highest BCUT2D eigenvalue weighted by Crippen LogP contribution is 2.27. The molecule has 1 fully saturated rings. The number of nitrogens with zero attached hydrogens (tertiary/aromatic N) is 1. The number of nitrogens with one attached hydrogen (secondary N) is 2. The van der Waals surface area contributed by atoms with E-state index in [0.29, 0.717) is 35.5 Å². The quantitative estimate of drug-likeness (QED) is 0.354. The number of amides is 1. The molecular formula is C31H37N3O5S. The van der Waals surface area contributed by atoms with E-state index in [4.69, 9.17) is 4.74 Å². The maximum atomic E-state index is 13.1. The normalized spacial score (nSPS) is 16.2. The van der Waals surface area contributed by atoms with E-state index < -0.39 is 16.0 Å². The third-order valence-electron chi connectivity index (χ3n) is 7.02. The first-order valence-corrected chi connectivity index (χ1v) is 15.0. The van der Waals surface area contributed by atoms with Gasteiger partial charge in [0, 0.05) is 30.4 Å². The van der Waals surface area contributed by atoms with Crippen molar-refractivity contribution in [1.29, 1.82) is 0 Å². The third kappa shape index (κ3) is 7.28. The predicted molar refractivity (Wildman–Crippen MR) is 158 cm³/mol. The van der Waals surface area contributed by atoms with Gasteiger partial charge in [0.2, 0.25) is 10.0 Å². The van der Waals surface area contributed by atoms with E-state index in [-0.39, 0.29) is 29.7 Å². The average Bonchev–Trinajstić information content (AvgIpc) is 2.93. The van der Waals surface area contributed by atoms with Crippen molar-refractivity contribution in [2.45, 2.75) is 50.8 Å². The van der Waals surface area contributed by atoms with Gasteiger partial charge in [-0.1, -0.05) is 63.2 Å². The highest BCUT2D eigenvalue weighted by atomic mass is 32.2. The summed E-state index contributed by atoms with van der Waals surface area (Å²) in [6.07, 6.45) is 1.41. The molecule has 2 N–H and O–H groups in total. The number of ether oxygens (including phenoxy) is 1. The molecule has 40 heavy (non-hydrogen) atoms. The summed E-state index contributed by atoms with van der Waals surface area (Å²) in [6.45, 7) is 7.06. The highest BCUT2D eigenvalue weighted by molar-refractivity contribution is 7.88. The van der Waals surface area contributed by atoms with Gasteiger partial charge >= 0.3 is 5.97 Å². The lowest BCUT2D eigenvalue weighted by atomic mass is 9.87. The molecule has 1 aliphatic rings. The molecule has 1 amide bonds. The zero-order valence-corrected chi connectivity index (χ0v) is 24.3. The molecule has 212 valence electrons. The van der Waals surface area contributed by atoms with Gasteiger partial charge in [-0.25, -0.2) is 13.2 Å². The monoisotopic (exact) mass is 563 g/mol. The van der Waals surface area contributed by atoms with E-state index in [1.807, 2.05) is 30.3 Å². The van der Waals surface area contributed by atoms with Gasteiger partial charge in [-0.05, 0) is 59.7 Å². The Hall–Kier alpha value is -3.69. The molecule has 1 saturated heterocycles. The molecule has 0 saturated carbocycles. The zero-order valence-electron chi connectivity index (χ0n) is 23.4. The summed E-state index contributed by atoms with van der Waals surface area (Å²) in [5.74, 6) is -0.859. The topological polar surface area (TPSA) is 105 Å². The van der Waals surface area contributed by atoms with E-state index in [9.17, 15) is 18.0 Å². The molecular weight excluding hydrogens is 526 g/mol. The Labute approximate surface area is 236 Å². The number of carbonyl (C=O) groups excluding carboxylic acids is 2. The van der Waals surface area contributed by atoms with Crippen LogP contribution >= 0.6 is 0 Å². The Morgan fingerprint density at radius 1 is 1.00 bits per heavy atom. The summed E-state index contributed by atoms with van der Waals surface area (Å²) in [5, 5.41) is 6.25. The van der Waals surface area contributed by atoms with Gasteiger partial charge in [-0.3, -0.25) is 4.79 Å². The fourth-order valence-corrected chi connectivity index (χ4v) is 6.37. The van der Waals surface area contributed by atoms with E-state index in [0.717, 1.165) is 17.5 Å². The zero-order chi connectivity index (χ0) is 28.9. The molecule has 0 aliphatic carbocycles. The lowest BCUT2D eigenvalue weighted by Crippen LogP contribution is -2.45. The first kappa shape index (κ1) is 29.3. The van der Waals surface area contributed by atoms with E-state index in [1.54, 1.807) is 42.5 Å². The molecule has 3 aromatic rings. The maximum Gasteiger partial charge on any atom is 0.339 e. The van der Waals surface area contributed by atoms with Crippen LogP contribution in [0.25, 0.3) is 0 Å². The smallest absolute Gasteiger partial charge is 0.339 e. The van der Waals surface area contributed by atoms with Crippen molar-refractivity contribution in [2.24, 2.45) is 0 Å². The molecule has 1 heterocycles. The molecule has 9 heteroatoms. The molecule has 0 spiro atoms. The second-order valence-corrected chi connectivity index (χ2v) is 13.1. The van der Waals surface area contributed by atoms with Crippen molar-refractivity contribution < 1.29 is 22.7 Å². The van der Waals surface area contributed by atoms with Gasteiger partial charge in [0.25, 0.3) is 5.91 Å². The molecule has 1 atom stereocenters. The van der Waals surface area contributed by atoms with Crippen LogP contribution in [-0.2, 0) is 25.9 Å². The molecule has 0 radical (unpaired) electrons. The number of piperidine rings is 1. The van der Waals surface area contributed by atoms with Crippen LogP contribution in [0.5, 0.6) is 0 Å². The van der Waals surface area contributed by atoms with Crippen molar-refractivity contribution in [3.8, 4) is 0 Å². The van der Waals surface area contributed by atoms with Crippen molar-refractivity contribution in [2.75, 3.05) is 30.8 Å². The standard InChI is InChI=1S/C31H37N3O5S/c1-31(2,3)24-14-12-23(13-15-24)29(35)33-25-16-17-27(30(36)39-4)28(19-25)32-26-11-8-18-34(20-26)40(37,38)21-22-9-6-5-7-10-22/h5-7,9-10,12-17,19,26,32H,8,11,18,20-21H2,1-4H3,(H,33,35). The lowest BCUT2D eigenvalue weighted by Gasteiger charge is -2.33. The van der Waals surface area contributed by atoms with Crippen molar-refractivity contribution in [3.05, 3.63) is 95.1 Å². The number of anilines is 2. The number of sulfonamides is 1. The van der Waals surface area contributed by atoms with Crippen LogP contribution in [0.15, 0.2) is 72.8 Å². The second-order valence-electron chi connectivity index (χ2n) is 11.1. The molecule has 3 aromatic carbocycles. The Balaban J connectivity index is 1.50. The van der Waals surface area contributed by atoms with Crippen LogP contribution in [0.1, 0.15) is 65.5 Å². The Morgan fingerprint density at radius 3 is 2.35 bits per heavy atom. The van der Waals surface area contributed by atoms with Crippen LogP contribution in [0, 0.1) is 0 Å². The Bertz CT molecular complexity index is 1450. The number of esters is 1. The van der Waals surface area contributed by atoms with Gasteiger partial charge in [0.05, 0.1) is 24.1 Å². The average molecular weight is 564 g/mol. The number of benzene rings is 3. The summed E-state index contributed by atoms with van der Waals surface area (Å²) < 4.78 is 32.7. The number of hydrogen-bond donors (Lipinski definition) is 2. The number of hydrogen-bond acceptors (Lipinski definition) is 6. The molecule has 0 aromatic heterocycles. The number of carbonyl (C=O) groups is 2. The number of rotatable bonds is 8. The lowest BCUT2D eigenvalue weighted by molar-refractivity contribution is 0.0601. The van der Waals surface area contributed by atoms with Crippen molar-refractivity contribution in [3.63, 3.8) is 0 Å². The third-order valence-corrected chi connectivity index (χ3v) is 8.84. The van der Waals surface area contributed by atoms with Crippen LogP contribution in [0.4, 0.5) is 11.4 Å². The minimum atomic E-state index is -3.52. The van der Waals surface area contributed by atoms with E-state index in [2.05, 4.69) is 31.4 Å². The second kappa shape index (κ2) is 12.2. The summed E-state index contributed by atoms with van der Waals surface area (Å²) >= 11 is 0. The van der Waals surface area contributed by atoms with E-state index >= 15 is 0 Å². The molecule has 0 bridgehead atoms. The summed E-state index contributed by atoms with van der Waals surface area (Å²) in [4.78, 5) is 25.5. The molecule has 1 unspecified atom stereocenters. The van der Waals surface area contributed by atoms with Gasteiger partial charge in [-0.2, -0.15) is 4.31 Å². The van der Waals surface area contributed by atoms with Crippen molar-refractivity contribution in [1.82, 2.24) is 4.31 Å². The minimum Gasteiger partial charge on any atom is -0.465 e.